The van der Waals surface area contributed by atoms with E-state index in [4.69, 9.17) is 4.74 Å². The van der Waals surface area contributed by atoms with Crippen molar-refractivity contribution in [2.75, 3.05) is 0 Å². The average Bonchev–Trinajstić information content (AvgIpc) is 2.52. The maximum Gasteiger partial charge on any atom is 0.163 e. The van der Waals surface area contributed by atoms with Crippen LogP contribution < -0.4 is 0 Å². The van der Waals surface area contributed by atoms with Crippen LogP contribution in [0, 0.1) is 11.3 Å². The van der Waals surface area contributed by atoms with Crippen LogP contribution in [0.1, 0.15) is 52.4 Å². The minimum Gasteiger partial charge on any atom is -0.494 e. The van der Waals surface area contributed by atoms with Crippen molar-refractivity contribution >= 4 is 5.78 Å². The molecule has 1 saturated carbocycles. The van der Waals surface area contributed by atoms with Crippen molar-refractivity contribution in [3.63, 3.8) is 0 Å². The van der Waals surface area contributed by atoms with Crippen molar-refractivity contribution in [1.82, 2.24) is 0 Å². The third kappa shape index (κ3) is 1.50. The number of ether oxygens (including phenoxy) is 1. The van der Waals surface area contributed by atoms with Gasteiger partial charge in [0, 0.05) is 24.3 Å². The highest BCUT2D eigenvalue weighted by molar-refractivity contribution is 5.98. The van der Waals surface area contributed by atoms with E-state index < -0.39 is 0 Å². The number of carbonyl (C=O) groups excluding carboxylic acids is 1. The summed E-state index contributed by atoms with van der Waals surface area (Å²) < 4.78 is 6.03. The van der Waals surface area contributed by atoms with Crippen LogP contribution in [-0.2, 0) is 9.53 Å². The summed E-state index contributed by atoms with van der Waals surface area (Å²) in [6.45, 7) is 4.33. The Labute approximate surface area is 97.1 Å². The van der Waals surface area contributed by atoms with Crippen LogP contribution in [0.5, 0.6) is 0 Å². The minimum atomic E-state index is 0.101. The van der Waals surface area contributed by atoms with Gasteiger partial charge in [-0.25, -0.2) is 0 Å². The van der Waals surface area contributed by atoms with Crippen molar-refractivity contribution in [3.05, 3.63) is 11.3 Å². The second kappa shape index (κ2) is 3.35. The summed E-state index contributed by atoms with van der Waals surface area (Å²) in [6.07, 6.45) is 6.83. The molecule has 2 unspecified atom stereocenters. The lowest BCUT2D eigenvalue weighted by Crippen LogP contribution is -2.28. The zero-order valence-corrected chi connectivity index (χ0v) is 10.2. The van der Waals surface area contributed by atoms with E-state index in [0.717, 1.165) is 30.6 Å². The Morgan fingerprint density at radius 1 is 1.19 bits per heavy atom. The summed E-state index contributed by atoms with van der Waals surface area (Å²) >= 11 is 0. The molecule has 0 N–H and O–H groups in total. The molecule has 0 bridgehead atoms. The van der Waals surface area contributed by atoms with Crippen molar-refractivity contribution in [2.24, 2.45) is 11.3 Å². The van der Waals surface area contributed by atoms with Crippen molar-refractivity contribution in [1.29, 1.82) is 0 Å². The van der Waals surface area contributed by atoms with E-state index in [1.54, 1.807) is 0 Å². The highest BCUT2D eigenvalue weighted by Crippen LogP contribution is 2.48. The zero-order chi connectivity index (χ0) is 11.3. The molecule has 1 fully saturated rings. The van der Waals surface area contributed by atoms with Crippen LogP contribution >= 0.6 is 0 Å². The predicted octanol–water partition coefficient (Wildman–Crippen LogP) is 3.22. The fourth-order valence-corrected chi connectivity index (χ4v) is 3.55. The Morgan fingerprint density at radius 3 is 2.75 bits per heavy atom. The van der Waals surface area contributed by atoms with E-state index in [9.17, 15) is 4.79 Å². The lowest BCUT2D eigenvalue weighted by Gasteiger charge is -2.29. The standard InChI is InChI=1S/C14H20O2/c1-14(2)7-10(15)13-9-5-3-4-6-11(9)16-12(13)8-14/h9,11H,3-8H2,1-2H3. The third-order valence-electron chi connectivity index (χ3n) is 4.25. The van der Waals surface area contributed by atoms with E-state index in [0.29, 0.717) is 24.2 Å². The SMILES string of the molecule is CC1(C)CC(=O)C2=C(C1)OC1CCCCC21. The number of carbonyl (C=O) groups is 1. The van der Waals surface area contributed by atoms with Crippen LogP contribution in [0.2, 0.25) is 0 Å². The highest BCUT2D eigenvalue weighted by Gasteiger charge is 2.46. The highest BCUT2D eigenvalue weighted by atomic mass is 16.5. The van der Waals surface area contributed by atoms with Crippen molar-refractivity contribution < 1.29 is 9.53 Å². The van der Waals surface area contributed by atoms with Gasteiger partial charge in [-0.05, 0) is 24.7 Å². The second-order valence-corrected chi connectivity index (χ2v) is 6.33. The van der Waals surface area contributed by atoms with Crippen LogP contribution in [0.15, 0.2) is 11.3 Å². The molecular formula is C14H20O2. The van der Waals surface area contributed by atoms with E-state index in [-0.39, 0.29) is 5.41 Å². The number of Topliss-reactive ketones (excluding diaryl/α,β-unsaturated/α-hetero) is 1. The summed E-state index contributed by atoms with van der Waals surface area (Å²) in [6, 6.07) is 0. The van der Waals surface area contributed by atoms with Crippen molar-refractivity contribution in [3.8, 4) is 0 Å². The lowest BCUT2D eigenvalue weighted by atomic mass is 9.72. The number of rotatable bonds is 0. The molecule has 0 saturated heterocycles. The Bertz CT molecular complexity index is 365. The van der Waals surface area contributed by atoms with Crippen LogP contribution in [-0.4, -0.2) is 11.9 Å². The maximum atomic E-state index is 12.2. The van der Waals surface area contributed by atoms with Gasteiger partial charge >= 0.3 is 0 Å². The average molecular weight is 220 g/mol. The molecular weight excluding hydrogens is 200 g/mol. The molecule has 3 rings (SSSR count). The molecule has 88 valence electrons. The van der Waals surface area contributed by atoms with Gasteiger partial charge in [-0.2, -0.15) is 0 Å². The molecule has 1 heterocycles. The van der Waals surface area contributed by atoms with Gasteiger partial charge in [-0.3, -0.25) is 4.79 Å². The lowest BCUT2D eigenvalue weighted by molar-refractivity contribution is -0.118. The largest absolute Gasteiger partial charge is 0.494 e. The van der Waals surface area contributed by atoms with Gasteiger partial charge in [0.15, 0.2) is 5.78 Å². The van der Waals surface area contributed by atoms with Gasteiger partial charge in [0.25, 0.3) is 0 Å². The molecule has 0 aromatic carbocycles. The monoisotopic (exact) mass is 220 g/mol. The number of fused-ring (bicyclic) bond motifs is 2. The summed E-state index contributed by atoms with van der Waals surface area (Å²) in [4.78, 5) is 12.2. The summed E-state index contributed by atoms with van der Waals surface area (Å²) in [5.41, 5.74) is 1.17. The maximum absolute atomic E-state index is 12.2. The van der Waals surface area contributed by atoms with Gasteiger partial charge in [0.1, 0.15) is 11.9 Å². The number of hydrogen-bond donors (Lipinski definition) is 0. The second-order valence-electron chi connectivity index (χ2n) is 6.33. The predicted molar refractivity (Wildman–Crippen MR) is 61.9 cm³/mol. The Hall–Kier alpha value is -0.790. The first-order valence-corrected chi connectivity index (χ1v) is 6.50. The smallest absolute Gasteiger partial charge is 0.163 e. The van der Waals surface area contributed by atoms with Gasteiger partial charge in [0.2, 0.25) is 0 Å². The quantitative estimate of drug-likeness (QED) is 0.626. The Morgan fingerprint density at radius 2 is 1.94 bits per heavy atom. The number of hydrogen-bond acceptors (Lipinski definition) is 2. The van der Waals surface area contributed by atoms with Crippen molar-refractivity contribution in [2.45, 2.75) is 58.5 Å². The van der Waals surface area contributed by atoms with Gasteiger partial charge in [-0.1, -0.05) is 20.3 Å². The van der Waals surface area contributed by atoms with Crippen LogP contribution in [0.4, 0.5) is 0 Å². The molecule has 16 heavy (non-hydrogen) atoms. The molecule has 0 amide bonds. The Kier molecular flexibility index (Phi) is 2.17. The molecule has 0 spiro atoms. The topological polar surface area (TPSA) is 26.3 Å². The van der Waals surface area contributed by atoms with Crippen LogP contribution in [0.25, 0.3) is 0 Å². The fourth-order valence-electron chi connectivity index (χ4n) is 3.55. The Balaban J connectivity index is 1.93. The van der Waals surface area contributed by atoms with Crippen LogP contribution in [0.3, 0.4) is 0 Å². The fraction of sp³-hybridized carbons (Fsp3) is 0.786. The summed E-state index contributed by atoms with van der Waals surface area (Å²) in [7, 11) is 0. The summed E-state index contributed by atoms with van der Waals surface area (Å²) in [5, 5.41) is 0. The van der Waals surface area contributed by atoms with E-state index in [1.807, 2.05) is 0 Å². The molecule has 2 aliphatic carbocycles. The van der Waals surface area contributed by atoms with E-state index >= 15 is 0 Å². The first kappa shape index (κ1) is 10.4. The van der Waals surface area contributed by atoms with Gasteiger partial charge in [-0.15, -0.1) is 0 Å². The molecule has 2 atom stereocenters. The van der Waals surface area contributed by atoms with Gasteiger partial charge in [0.05, 0.1) is 0 Å². The molecule has 0 aromatic heterocycles. The first-order valence-electron chi connectivity index (χ1n) is 6.50. The van der Waals surface area contributed by atoms with E-state index in [2.05, 4.69) is 13.8 Å². The first-order chi connectivity index (χ1) is 7.57. The minimum absolute atomic E-state index is 0.101. The molecule has 0 radical (unpaired) electrons. The summed E-state index contributed by atoms with van der Waals surface area (Å²) in [5.74, 6) is 1.84. The molecule has 1 aliphatic heterocycles. The molecule has 2 nitrogen and oxygen atoms in total. The molecule has 2 heteroatoms. The zero-order valence-electron chi connectivity index (χ0n) is 10.2. The van der Waals surface area contributed by atoms with Gasteiger partial charge < -0.3 is 4.74 Å². The molecule has 0 aromatic rings. The number of allylic oxidation sites excluding steroid dienone is 1. The van der Waals surface area contributed by atoms with E-state index in [1.165, 1.54) is 12.8 Å². The third-order valence-corrected chi connectivity index (χ3v) is 4.25. The molecule has 3 aliphatic rings. The number of ketones is 1. The normalized spacial score (nSPS) is 36.8.